The average Bonchev–Trinajstić information content (AvgIpc) is 2.56. The SMILES string of the molecule is CCCCN(CCCC)C(=O)C(=O)NCCc1ccc(F)cc1. The van der Waals surface area contributed by atoms with E-state index < -0.39 is 11.8 Å². The molecule has 1 N–H and O–H groups in total. The third-order valence-electron chi connectivity index (χ3n) is 3.66. The molecule has 5 heteroatoms. The van der Waals surface area contributed by atoms with Crippen molar-refractivity contribution in [2.24, 2.45) is 0 Å². The standard InChI is InChI=1S/C18H27FN2O2/c1-3-5-13-21(14-6-4-2)18(23)17(22)20-12-11-15-7-9-16(19)10-8-15/h7-10H,3-6,11-14H2,1-2H3,(H,20,22). The second-order valence-corrected chi connectivity index (χ2v) is 5.63. The summed E-state index contributed by atoms with van der Waals surface area (Å²) in [7, 11) is 0. The van der Waals surface area contributed by atoms with Gasteiger partial charge in [0, 0.05) is 19.6 Å². The number of carbonyl (C=O) groups excluding carboxylic acids is 2. The molecule has 1 aromatic carbocycles. The van der Waals surface area contributed by atoms with Gasteiger partial charge in [-0.3, -0.25) is 9.59 Å². The molecule has 0 heterocycles. The van der Waals surface area contributed by atoms with Gasteiger partial charge in [-0.25, -0.2) is 4.39 Å². The van der Waals surface area contributed by atoms with E-state index in [-0.39, 0.29) is 5.82 Å². The molecule has 0 aliphatic heterocycles. The van der Waals surface area contributed by atoms with Gasteiger partial charge in [0.1, 0.15) is 5.82 Å². The fraction of sp³-hybridized carbons (Fsp3) is 0.556. The highest BCUT2D eigenvalue weighted by Crippen LogP contribution is 2.03. The lowest BCUT2D eigenvalue weighted by molar-refractivity contribution is -0.145. The summed E-state index contributed by atoms with van der Waals surface area (Å²) >= 11 is 0. The Hall–Kier alpha value is -1.91. The van der Waals surface area contributed by atoms with Crippen LogP contribution in [0, 0.1) is 5.82 Å². The van der Waals surface area contributed by atoms with E-state index in [9.17, 15) is 14.0 Å². The van der Waals surface area contributed by atoms with E-state index in [0.717, 1.165) is 31.2 Å². The van der Waals surface area contributed by atoms with E-state index in [1.54, 1.807) is 17.0 Å². The van der Waals surface area contributed by atoms with Crippen molar-refractivity contribution < 1.29 is 14.0 Å². The molecule has 0 bridgehead atoms. The summed E-state index contributed by atoms with van der Waals surface area (Å²) in [5.74, 6) is -1.29. The van der Waals surface area contributed by atoms with Crippen molar-refractivity contribution in [1.82, 2.24) is 10.2 Å². The molecule has 0 aliphatic rings. The molecule has 0 aliphatic carbocycles. The van der Waals surface area contributed by atoms with Crippen LogP contribution in [-0.2, 0) is 16.0 Å². The first kappa shape index (κ1) is 19.1. The highest BCUT2D eigenvalue weighted by Gasteiger charge is 2.20. The van der Waals surface area contributed by atoms with Crippen LogP contribution in [0.2, 0.25) is 0 Å². The second-order valence-electron chi connectivity index (χ2n) is 5.63. The van der Waals surface area contributed by atoms with Gasteiger partial charge in [0.25, 0.3) is 0 Å². The molecule has 0 saturated heterocycles. The van der Waals surface area contributed by atoms with Crippen molar-refractivity contribution in [3.05, 3.63) is 35.6 Å². The Kier molecular flexibility index (Phi) is 8.95. The van der Waals surface area contributed by atoms with Crippen LogP contribution in [0.5, 0.6) is 0 Å². The molecule has 0 atom stereocenters. The molecule has 128 valence electrons. The minimum atomic E-state index is -0.556. The largest absolute Gasteiger partial charge is 0.347 e. The van der Waals surface area contributed by atoms with Gasteiger partial charge >= 0.3 is 11.8 Å². The summed E-state index contributed by atoms with van der Waals surface area (Å²) in [5.41, 5.74) is 0.924. The number of hydrogen-bond acceptors (Lipinski definition) is 2. The van der Waals surface area contributed by atoms with Crippen molar-refractivity contribution in [2.45, 2.75) is 46.0 Å². The zero-order chi connectivity index (χ0) is 17.1. The lowest BCUT2D eigenvalue weighted by atomic mass is 10.1. The van der Waals surface area contributed by atoms with E-state index in [4.69, 9.17) is 0 Å². The molecule has 4 nitrogen and oxygen atoms in total. The molecule has 0 spiro atoms. The fourth-order valence-electron chi connectivity index (χ4n) is 2.20. The van der Waals surface area contributed by atoms with Crippen LogP contribution in [0.1, 0.15) is 45.1 Å². The Morgan fingerprint density at radius 2 is 1.61 bits per heavy atom. The molecule has 0 unspecified atom stereocenters. The van der Waals surface area contributed by atoms with E-state index in [1.807, 2.05) is 0 Å². The minimum Gasteiger partial charge on any atom is -0.347 e. The van der Waals surface area contributed by atoms with Crippen LogP contribution >= 0.6 is 0 Å². The second kappa shape index (κ2) is 10.8. The Morgan fingerprint density at radius 1 is 1.04 bits per heavy atom. The molecular weight excluding hydrogens is 295 g/mol. The molecule has 1 aromatic rings. The Morgan fingerprint density at radius 3 is 2.13 bits per heavy atom. The summed E-state index contributed by atoms with van der Waals surface area (Å²) in [6.07, 6.45) is 4.35. The molecular formula is C18H27FN2O2. The number of nitrogens with one attached hydrogen (secondary N) is 1. The summed E-state index contributed by atoms with van der Waals surface area (Å²) in [6.45, 7) is 5.74. The molecule has 0 fully saturated rings. The Bertz CT molecular complexity index is 480. The summed E-state index contributed by atoms with van der Waals surface area (Å²) in [6, 6.07) is 6.13. The number of halogens is 1. The van der Waals surface area contributed by atoms with Crippen molar-refractivity contribution >= 4 is 11.8 Å². The first-order chi connectivity index (χ1) is 11.1. The Labute approximate surface area is 138 Å². The number of hydrogen-bond donors (Lipinski definition) is 1. The predicted octanol–water partition coefficient (Wildman–Crippen LogP) is 2.91. The number of rotatable bonds is 9. The van der Waals surface area contributed by atoms with Crippen LogP contribution in [0.25, 0.3) is 0 Å². The van der Waals surface area contributed by atoms with Gasteiger partial charge in [-0.05, 0) is 37.0 Å². The summed E-state index contributed by atoms with van der Waals surface area (Å²) < 4.78 is 12.8. The maximum Gasteiger partial charge on any atom is 0.311 e. The molecule has 23 heavy (non-hydrogen) atoms. The summed E-state index contributed by atoms with van der Waals surface area (Å²) in [4.78, 5) is 25.8. The minimum absolute atomic E-state index is 0.282. The number of unbranched alkanes of at least 4 members (excludes halogenated alkanes) is 2. The topological polar surface area (TPSA) is 49.4 Å². The third kappa shape index (κ3) is 7.26. The van der Waals surface area contributed by atoms with Gasteiger partial charge in [-0.15, -0.1) is 0 Å². The maximum atomic E-state index is 12.8. The van der Waals surface area contributed by atoms with Crippen LogP contribution in [0.4, 0.5) is 4.39 Å². The van der Waals surface area contributed by atoms with E-state index >= 15 is 0 Å². The lowest BCUT2D eigenvalue weighted by Gasteiger charge is -2.21. The first-order valence-electron chi connectivity index (χ1n) is 8.40. The predicted molar refractivity (Wildman–Crippen MR) is 89.5 cm³/mol. The number of amides is 2. The van der Waals surface area contributed by atoms with E-state index in [0.29, 0.717) is 26.1 Å². The van der Waals surface area contributed by atoms with Crippen LogP contribution in [0.3, 0.4) is 0 Å². The highest BCUT2D eigenvalue weighted by atomic mass is 19.1. The molecule has 0 saturated carbocycles. The van der Waals surface area contributed by atoms with Gasteiger partial charge in [0.15, 0.2) is 0 Å². The number of nitrogens with zero attached hydrogens (tertiary/aromatic N) is 1. The van der Waals surface area contributed by atoms with Crippen LogP contribution in [-0.4, -0.2) is 36.3 Å². The molecule has 0 radical (unpaired) electrons. The van der Waals surface area contributed by atoms with Gasteiger partial charge in [-0.2, -0.15) is 0 Å². The average molecular weight is 322 g/mol. The monoisotopic (exact) mass is 322 g/mol. The molecule has 2 amide bonds. The van der Waals surface area contributed by atoms with E-state index in [2.05, 4.69) is 19.2 Å². The fourth-order valence-corrected chi connectivity index (χ4v) is 2.20. The summed E-state index contributed by atoms with van der Waals surface area (Å²) in [5, 5.41) is 2.65. The zero-order valence-electron chi connectivity index (χ0n) is 14.1. The lowest BCUT2D eigenvalue weighted by Crippen LogP contribution is -2.44. The van der Waals surface area contributed by atoms with Crippen LogP contribution < -0.4 is 5.32 Å². The van der Waals surface area contributed by atoms with Crippen molar-refractivity contribution in [3.8, 4) is 0 Å². The normalized spacial score (nSPS) is 10.4. The maximum absolute atomic E-state index is 12.8. The van der Waals surface area contributed by atoms with Gasteiger partial charge < -0.3 is 10.2 Å². The van der Waals surface area contributed by atoms with Crippen molar-refractivity contribution in [1.29, 1.82) is 0 Å². The van der Waals surface area contributed by atoms with Gasteiger partial charge in [0.05, 0.1) is 0 Å². The first-order valence-corrected chi connectivity index (χ1v) is 8.40. The number of carbonyl (C=O) groups is 2. The van der Waals surface area contributed by atoms with Gasteiger partial charge in [0.2, 0.25) is 0 Å². The van der Waals surface area contributed by atoms with Gasteiger partial charge in [-0.1, -0.05) is 38.8 Å². The van der Waals surface area contributed by atoms with E-state index in [1.165, 1.54) is 12.1 Å². The number of benzene rings is 1. The molecule has 1 rings (SSSR count). The van der Waals surface area contributed by atoms with Crippen molar-refractivity contribution in [2.75, 3.05) is 19.6 Å². The zero-order valence-corrected chi connectivity index (χ0v) is 14.1. The smallest absolute Gasteiger partial charge is 0.311 e. The third-order valence-corrected chi connectivity index (χ3v) is 3.66. The Balaban J connectivity index is 2.43. The van der Waals surface area contributed by atoms with Crippen LogP contribution in [0.15, 0.2) is 24.3 Å². The highest BCUT2D eigenvalue weighted by molar-refractivity contribution is 6.35. The quantitative estimate of drug-likeness (QED) is 0.711. The van der Waals surface area contributed by atoms with Crippen molar-refractivity contribution in [3.63, 3.8) is 0 Å². The molecule has 0 aromatic heterocycles.